The fourth-order valence-corrected chi connectivity index (χ4v) is 2.42. The lowest BCUT2D eigenvalue weighted by Gasteiger charge is -2.36. The number of halogens is 1. The van der Waals surface area contributed by atoms with Gasteiger partial charge in [-0.1, -0.05) is 15.9 Å². The Hall–Kier alpha value is -0.290. The first-order chi connectivity index (χ1) is 6.70. The SMILES string of the molecule is CCOC(=O)N1CCCC(Br)C1OC. The molecule has 0 saturated carbocycles. The van der Waals surface area contributed by atoms with Gasteiger partial charge in [0.05, 0.1) is 11.4 Å². The van der Waals surface area contributed by atoms with Gasteiger partial charge in [0.1, 0.15) is 6.23 Å². The molecule has 1 aliphatic heterocycles. The minimum Gasteiger partial charge on any atom is -0.450 e. The van der Waals surface area contributed by atoms with Crippen LogP contribution < -0.4 is 0 Å². The quantitative estimate of drug-likeness (QED) is 0.717. The Balaban J connectivity index is 2.59. The summed E-state index contributed by atoms with van der Waals surface area (Å²) in [6, 6.07) is 0. The largest absolute Gasteiger partial charge is 0.450 e. The van der Waals surface area contributed by atoms with Crippen LogP contribution in [0.4, 0.5) is 4.79 Å². The molecule has 14 heavy (non-hydrogen) atoms. The lowest BCUT2D eigenvalue weighted by atomic mass is 10.1. The first-order valence-corrected chi connectivity index (χ1v) is 5.72. The Morgan fingerprint density at radius 2 is 2.36 bits per heavy atom. The van der Waals surface area contributed by atoms with E-state index in [4.69, 9.17) is 9.47 Å². The minimum absolute atomic E-state index is 0.200. The van der Waals surface area contributed by atoms with Gasteiger partial charge in [-0.05, 0) is 19.8 Å². The van der Waals surface area contributed by atoms with E-state index in [0.717, 1.165) is 12.8 Å². The van der Waals surface area contributed by atoms with Gasteiger partial charge in [-0.15, -0.1) is 0 Å². The highest BCUT2D eigenvalue weighted by Crippen LogP contribution is 2.24. The molecule has 0 N–H and O–H groups in total. The summed E-state index contributed by atoms with van der Waals surface area (Å²) in [6.45, 7) is 2.91. The van der Waals surface area contributed by atoms with Crippen molar-refractivity contribution in [1.29, 1.82) is 0 Å². The summed E-state index contributed by atoms with van der Waals surface area (Å²) in [4.78, 5) is 13.3. The second kappa shape index (κ2) is 5.56. The Labute approximate surface area is 92.7 Å². The molecule has 0 aliphatic carbocycles. The number of alkyl halides is 1. The predicted octanol–water partition coefficient (Wildman–Crippen LogP) is 1.97. The average molecular weight is 266 g/mol. The highest BCUT2D eigenvalue weighted by molar-refractivity contribution is 9.09. The van der Waals surface area contributed by atoms with E-state index < -0.39 is 0 Å². The number of likely N-dealkylation sites (tertiary alicyclic amines) is 1. The van der Waals surface area contributed by atoms with Crippen LogP contribution in [0.5, 0.6) is 0 Å². The highest BCUT2D eigenvalue weighted by Gasteiger charge is 2.33. The Morgan fingerprint density at radius 1 is 1.64 bits per heavy atom. The first-order valence-electron chi connectivity index (χ1n) is 4.81. The van der Waals surface area contributed by atoms with E-state index in [2.05, 4.69) is 15.9 Å². The Morgan fingerprint density at radius 3 is 2.93 bits per heavy atom. The summed E-state index contributed by atoms with van der Waals surface area (Å²) in [7, 11) is 1.61. The molecule has 82 valence electrons. The van der Waals surface area contributed by atoms with Crippen molar-refractivity contribution < 1.29 is 14.3 Å². The lowest BCUT2D eigenvalue weighted by Crippen LogP contribution is -2.50. The van der Waals surface area contributed by atoms with E-state index in [0.29, 0.717) is 13.2 Å². The number of piperidine rings is 1. The molecule has 0 aromatic rings. The van der Waals surface area contributed by atoms with Crippen LogP contribution in [0.3, 0.4) is 0 Å². The summed E-state index contributed by atoms with van der Waals surface area (Å²) in [5.41, 5.74) is 0. The van der Waals surface area contributed by atoms with E-state index in [9.17, 15) is 4.79 Å². The van der Waals surface area contributed by atoms with E-state index in [1.54, 1.807) is 18.9 Å². The predicted molar refractivity (Wildman–Crippen MR) is 56.5 cm³/mol. The molecular formula is C9H16BrNO3. The molecule has 4 nitrogen and oxygen atoms in total. The number of hydrogen-bond donors (Lipinski definition) is 0. The van der Waals surface area contributed by atoms with Crippen molar-refractivity contribution in [3.8, 4) is 0 Å². The number of nitrogens with zero attached hydrogens (tertiary/aromatic N) is 1. The molecule has 2 atom stereocenters. The number of rotatable bonds is 2. The molecule has 0 spiro atoms. The standard InChI is InChI=1S/C9H16BrNO3/c1-3-14-9(12)11-6-4-5-7(10)8(11)13-2/h7-8H,3-6H2,1-2H3. The zero-order valence-electron chi connectivity index (χ0n) is 8.53. The molecule has 1 amide bonds. The van der Waals surface area contributed by atoms with E-state index >= 15 is 0 Å². The monoisotopic (exact) mass is 265 g/mol. The van der Waals surface area contributed by atoms with Crippen molar-refractivity contribution in [2.45, 2.75) is 30.8 Å². The van der Waals surface area contributed by atoms with Crippen LogP contribution in [-0.2, 0) is 9.47 Å². The fraction of sp³-hybridized carbons (Fsp3) is 0.889. The number of carbonyl (C=O) groups excluding carboxylic acids is 1. The minimum atomic E-state index is -0.288. The van der Waals surface area contributed by atoms with Crippen LogP contribution in [0.2, 0.25) is 0 Å². The fourth-order valence-electron chi connectivity index (χ4n) is 1.60. The van der Waals surface area contributed by atoms with E-state index in [-0.39, 0.29) is 17.1 Å². The lowest BCUT2D eigenvalue weighted by molar-refractivity contribution is -0.0427. The zero-order chi connectivity index (χ0) is 10.6. The van der Waals surface area contributed by atoms with Crippen molar-refractivity contribution in [1.82, 2.24) is 4.90 Å². The van der Waals surface area contributed by atoms with Crippen LogP contribution >= 0.6 is 15.9 Å². The van der Waals surface area contributed by atoms with Gasteiger partial charge in [-0.2, -0.15) is 0 Å². The maximum absolute atomic E-state index is 11.5. The summed E-state index contributed by atoms with van der Waals surface area (Å²) in [5, 5.41) is 0. The van der Waals surface area contributed by atoms with E-state index in [1.807, 2.05) is 0 Å². The summed E-state index contributed by atoms with van der Waals surface area (Å²) in [5.74, 6) is 0. The van der Waals surface area contributed by atoms with Gasteiger partial charge in [-0.3, -0.25) is 4.90 Å². The van der Waals surface area contributed by atoms with Crippen LogP contribution in [0.1, 0.15) is 19.8 Å². The second-order valence-corrected chi connectivity index (χ2v) is 4.35. The number of ether oxygens (including phenoxy) is 2. The number of carbonyl (C=O) groups is 1. The third kappa shape index (κ3) is 2.60. The third-order valence-corrected chi connectivity index (χ3v) is 3.15. The third-order valence-electron chi connectivity index (χ3n) is 2.24. The molecule has 1 saturated heterocycles. The van der Waals surface area contributed by atoms with Gasteiger partial charge in [0.15, 0.2) is 0 Å². The van der Waals surface area contributed by atoms with E-state index in [1.165, 1.54) is 0 Å². The van der Waals surface area contributed by atoms with Crippen molar-refractivity contribution >= 4 is 22.0 Å². The van der Waals surface area contributed by atoms with Gasteiger partial charge in [-0.25, -0.2) is 4.79 Å². The molecule has 1 fully saturated rings. The highest BCUT2D eigenvalue weighted by atomic mass is 79.9. The maximum atomic E-state index is 11.5. The zero-order valence-corrected chi connectivity index (χ0v) is 10.1. The van der Waals surface area contributed by atoms with Gasteiger partial charge in [0.25, 0.3) is 0 Å². The second-order valence-electron chi connectivity index (χ2n) is 3.18. The topological polar surface area (TPSA) is 38.8 Å². The molecule has 2 unspecified atom stereocenters. The molecule has 0 aromatic carbocycles. The van der Waals surface area contributed by atoms with Crippen molar-refractivity contribution in [3.05, 3.63) is 0 Å². The van der Waals surface area contributed by atoms with Crippen LogP contribution in [0, 0.1) is 0 Å². The molecule has 0 bridgehead atoms. The van der Waals surface area contributed by atoms with Crippen molar-refractivity contribution in [2.24, 2.45) is 0 Å². The van der Waals surface area contributed by atoms with Gasteiger partial charge < -0.3 is 9.47 Å². The van der Waals surface area contributed by atoms with Gasteiger partial charge in [0.2, 0.25) is 0 Å². The normalized spacial score (nSPS) is 27.5. The molecule has 0 aromatic heterocycles. The number of hydrogen-bond acceptors (Lipinski definition) is 3. The molecular weight excluding hydrogens is 250 g/mol. The van der Waals surface area contributed by atoms with Crippen molar-refractivity contribution in [2.75, 3.05) is 20.3 Å². The molecule has 5 heteroatoms. The smallest absolute Gasteiger partial charge is 0.411 e. The van der Waals surface area contributed by atoms with Crippen LogP contribution in [0.15, 0.2) is 0 Å². The number of amides is 1. The van der Waals surface area contributed by atoms with Gasteiger partial charge in [0, 0.05) is 13.7 Å². The molecule has 1 heterocycles. The number of methoxy groups -OCH3 is 1. The molecule has 1 aliphatic rings. The average Bonchev–Trinajstić information content (AvgIpc) is 2.17. The first kappa shape index (κ1) is 11.8. The van der Waals surface area contributed by atoms with Gasteiger partial charge >= 0.3 is 6.09 Å². The summed E-state index contributed by atoms with van der Waals surface area (Å²) < 4.78 is 10.2. The van der Waals surface area contributed by atoms with Crippen LogP contribution in [0.25, 0.3) is 0 Å². The Kier molecular flexibility index (Phi) is 4.68. The Bertz CT molecular complexity index is 200. The van der Waals surface area contributed by atoms with Crippen molar-refractivity contribution in [3.63, 3.8) is 0 Å². The summed E-state index contributed by atoms with van der Waals surface area (Å²) in [6.07, 6.45) is 1.51. The molecule has 1 rings (SSSR count). The van der Waals surface area contributed by atoms with Crippen LogP contribution in [-0.4, -0.2) is 42.3 Å². The molecule has 0 radical (unpaired) electrons. The maximum Gasteiger partial charge on any atom is 0.411 e. The summed E-state index contributed by atoms with van der Waals surface area (Å²) >= 11 is 3.50.